The molecule has 0 bridgehead atoms. The zero-order valence-electron chi connectivity index (χ0n) is 18.3. The van der Waals surface area contributed by atoms with Gasteiger partial charge in [-0.05, 0) is 37.8 Å². The zero-order valence-corrected chi connectivity index (χ0v) is 20.0. The number of aromatic nitrogens is 2. The van der Waals surface area contributed by atoms with Crippen molar-refractivity contribution in [1.29, 1.82) is 0 Å². The van der Waals surface area contributed by atoms with E-state index in [0.29, 0.717) is 24.8 Å². The first-order valence-electron chi connectivity index (χ1n) is 11.6. The van der Waals surface area contributed by atoms with Gasteiger partial charge in [0.2, 0.25) is 5.91 Å². The van der Waals surface area contributed by atoms with Gasteiger partial charge in [0, 0.05) is 18.6 Å². The molecule has 2 aliphatic rings. The molecule has 1 atom stereocenters. The lowest BCUT2D eigenvalue weighted by Gasteiger charge is -2.28. The molecular formula is C23H33N3O3S2. The van der Waals surface area contributed by atoms with E-state index >= 15 is 0 Å². The van der Waals surface area contributed by atoms with Gasteiger partial charge in [0.25, 0.3) is 0 Å². The molecule has 2 aromatic rings. The quantitative estimate of drug-likeness (QED) is 0.541. The number of thioether (sulfide) groups is 1. The SMILES string of the molecule is CCCCN(C(=O)CSc1nc2ccccc2n1C1CCCCC1)[C@@H]1CCS(=O)(=O)C1. The highest BCUT2D eigenvalue weighted by Crippen LogP contribution is 2.35. The average Bonchev–Trinajstić information content (AvgIpc) is 3.32. The van der Waals surface area contributed by atoms with E-state index in [9.17, 15) is 13.2 Å². The molecule has 1 aliphatic heterocycles. The molecule has 0 N–H and O–H groups in total. The van der Waals surface area contributed by atoms with Gasteiger partial charge in [-0.15, -0.1) is 0 Å². The highest BCUT2D eigenvalue weighted by molar-refractivity contribution is 7.99. The van der Waals surface area contributed by atoms with E-state index in [-0.39, 0.29) is 23.5 Å². The fourth-order valence-corrected chi connectivity index (χ4v) is 7.58. The van der Waals surface area contributed by atoms with Crippen molar-refractivity contribution in [3.63, 3.8) is 0 Å². The number of para-hydroxylation sites is 2. The lowest BCUT2D eigenvalue weighted by molar-refractivity contribution is -0.130. The van der Waals surface area contributed by atoms with Crippen molar-refractivity contribution in [3.05, 3.63) is 24.3 Å². The van der Waals surface area contributed by atoms with Crippen LogP contribution in [-0.4, -0.2) is 58.6 Å². The fourth-order valence-electron chi connectivity index (χ4n) is 4.89. The van der Waals surface area contributed by atoms with E-state index in [1.165, 1.54) is 31.0 Å². The number of imidazole rings is 1. The van der Waals surface area contributed by atoms with Crippen molar-refractivity contribution in [2.75, 3.05) is 23.8 Å². The molecule has 8 heteroatoms. The van der Waals surface area contributed by atoms with Crippen LogP contribution in [0.4, 0.5) is 0 Å². The van der Waals surface area contributed by atoms with Gasteiger partial charge < -0.3 is 9.47 Å². The first-order chi connectivity index (χ1) is 15.0. The number of carbonyl (C=O) groups is 1. The summed E-state index contributed by atoms with van der Waals surface area (Å²) in [5.41, 5.74) is 2.13. The molecule has 4 rings (SSSR count). The molecule has 31 heavy (non-hydrogen) atoms. The van der Waals surface area contributed by atoms with Crippen molar-refractivity contribution in [2.45, 2.75) is 75.5 Å². The van der Waals surface area contributed by atoms with Gasteiger partial charge in [-0.1, -0.05) is 56.5 Å². The smallest absolute Gasteiger partial charge is 0.233 e. The van der Waals surface area contributed by atoms with Crippen LogP contribution in [0.2, 0.25) is 0 Å². The highest BCUT2D eigenvalue weighted by Gasteiger charge is 2.34. The van der Waals surface area contributed by atoms with E-state index in [1.807, 2.05) is 17.0 Å². The number of fused-ring (bicyclic) bond motifs is 1. The average molecular weight is 464 g/mol. The number of hydrogen-bond donors (Lipinski definition) is 0. The minimum Gasteiger partial charge on any atom is -0.338 e. The molecule has 1 saturated carbocycles. The predicted molar refractivity (Wildman–Crippen MR) is 126 cm³/mol. The van der Waals surface area contributed by atoms with E-state index in [2.05, 4.69) is 23.6 Å². The monoisotopic (exact) mass is 463 g/mol. The summed E-state index contributed by atoms with van der Waals surface area (Å²) in [6, 6.07) is 8.48. The molecule has 2 heterocycles. The number of unbranched alkanes of at least 4 members (excludes halogenated alkanes) is 1. The van der Waals surface area contributed by atoms with Crippen molar-refractivity contribution in [2.24, 2.45) is 0 Å². The van der Waals surface area contributed by atoms with E-state index in [0.717, 1.165) is 41.9 Å². The van der Waals surface area contributed by atoms with Crippen molar-refractivity contribution in [3.8, 4) is 0 Å². The normalized spacial score (nSPS) is 21.5. The van der Waals surface area contributed by atoms with Crippen LogP contribution >= 0.6 is 11.8 Å². The highest BCUT2D eigenvalue weighted by atomic mass is 32.2. The van der Waals surface area contributed by atoms with Crippen LogP contribution in [0.25, 0.3) is 11.0 Å². The Balaban J connectivity index is 1.52. The zero-order chi connectivity index (χ0) is 21.8. The van der Waals surface area contributed by atoms with E-state index < -0.39 is 9.84 Å². The number of carbonyl (C=O) groups excluding carboxylic acids is 1. The van der Waals surface area contributed by atoms with Gasteiger partial charge in [-0.25, -0.2) is 13.4 Å². The predicted octanol–water partition coefficient (Wildman–Crippen LogP) is 4.45. The minimum absolute atomic E-state index is 0.0304. The molecule has 0 spiro atoms. The lowest BCUT2D eigenvalue weighted by atomic mass is 9.95. The number of nitrogens with zero attached hydrogens (tertiary/aromatic N) is 3. The van der Waals surface area contributed by atoms with Gasteiger partial charge in [0.05, 0.1) is 28.3 Å². The van der Waals surface area contributed by atoms with Gasteiger partial charge in [0.1, 0.15) is 0 Å². The Morgan fingerprint density at radius 2 is 1.97 bits per heavy atom. The molecule has 1 saturated heterocycles. The molecule has 6 nitrogen and oxygen atoms in total. The van der Waals surface area contributed by atoms with Crippen LogP contribution in [0, 0.1) is 0 Å². The summed E-state index contributed by atoms with van der Waals surface area (Å²) in [6.07, 6.45) is 8.52. The van der Waals surface area contributed by atoms with Crippen LogP contribution in [0.5, 0.6) is 0 Å². The Morgan fingerprint density at radius 3 is 2.68 bits per heavy atom. The van der Waals surface area contributed by atoms with Crippen molar-refractivity contribution >= 4 is 38.5 Å². The number of benzene rings is 1. The molecule has 0 unspecified atom stereocenters. The second kappa shape index (κ2) is 9.94. The van der Waals surface area contributed by atoms with Gasteiger partial charge >= 0.3 is 0 Å². The Kier molecular flexibility index (Phi) is 7.26. The maximum atomic E-state index is 13.2. The van der Waals surface area contributed by atoms with E-state index in [4.69, 9.17) is 4.98 Å². The Bertz CT molecular complexity index is 1010. The Morgan fingerprint density at radius 1 is 1.19 bits per heavy atom. The topological polar surface area (TPSA) is 72.3 Å². The third-order valence-corrected chi connectivity index (χ3v) is 9.24. The Labute approximate surface area is 189 Å². The van der Waals surface area contributed by atoms with Crippen LogP contribution < -0.4 is 0 Å². The van der Waals surface area contributed by atoms with Crippen LogP contribution in [0.3, 0.4) is 0 Å². The van der Waals surface area contributed by atoms with Crippen LogP contribution in [-0.2, 0) is 14.6 Å². The standard InChI is InChI=1S/C23H33N3O3S2/c1-2-3-14-25(19-13-15-31(28,29)17-19)22(27)16-30-23-24-20-11-7-8-12-21(20)26(23)18-9-5-4-6-10-18/h7-8,11-12,18-19H,2-6,9-10,13-17H2,1H3/t19-/m1/s1. The first kappa shape index (κ1) is 22.6. The first-order valence-corrected chi connectivity index (χ1v) is 14.4. The third-order valence-electron chi connectivity index (χ3n) is 6.55. The number of hydrogen-bond acceptors (Lipinski definition) is 5. The molecule has 2 fully saturated rings. The van der Waals surface area contributed by atoms with Crippen molar-refractivity contribution < 1.29 is 13.2 Å². The summed E-state index contributed by atoms with van der Waals surface area (Å²) in [7, 11) is -3.02. The molecule has 170 valence electrons. The largest absolute Gasteiger partial charge is 0.338 e. The summed E-state index contributed by atoms with van der Waals surface area (Å²) < 4.78 is 26.3. The second-order valence-corrected chi connectivity index (χ2v) is 12.0. The summed E-state index contributed by atoms with van der Waals surface area (Å²) in [5.74, 6) is 0.630. The Hall–Kier alpha value is -1.54. The number of sulfone groups is 1. The summed E-state index contributed by atoms with van der Waals surface area (Å²) >= 11 is 1.51. The molecular weight excluding hydrogens is 430 g/mol. The fraction of sp³-hybridized carbons (Fsp3) is 0.652. The van der Waals surface area contributed by atoms with Gasteiger partial charge in [-0.3, -0.25) is 4.79 Å². The van der Waals surface area contributed by atoms with E-state index in [1.54, 1.807) is 0 Å². The van der Waals surface area contributed by atoms with Gasteiger partial charge in [-0.2, -0.15) is 0 Å². The number of rotatable bonds is 8. The second-order valence-electron chi connectivity index (χ2n) is 8.83. The van der Waals surface area contributed by atoms with Crippen LogP contribution in [0.1, 0.15) is 64.3 Å². The molecule has 1 aromatic heterocycles. The number of amides is 1. The summed E-state index contributed by atoms with van der Waals surface area (Å²) in [4.78, 5) is 19.9. The third kappa shape index (κ3) is 5.28. The van der Waals surface area contributed by atoms with Crippen molar-refractivity contribution in [1.82, 2.24) is 14.5 Å². The summed E-state index contributed by atoms with van der Waals surface area (Å²) in [6.45, 7) is 2.73. The molecule has 0 radical (unpaired) electrons. The van der Waals surface area contributed by atoms with Gasteiger partial charge in [0.15, 0.2) is 15.0 Å². The maximum Gasteiger partial charge on any atom is 0.233 e. The van der Waals surface area contributed by atoms with Crippen LogP contribution in [0.15, 0.2) is 29.4 Å². The maximum absolute atomic E-state index is 13.2. The molecule has 1 aromatic carbocycles. The molecule has 1 amide bonds. The lowest BCUT2D eigenvalue weighted by Crippen LogP contribution is -2.42. The molecule has 1 aliphatic carbocycles. The summed E-state index contributed by atoms with van der Waals surface area (Å²) in [5, 5.41) is 0.913. The minimum atomic E-state index is -3.02.